The lowest BCUT2D eigenvalue weighted by molar-refractivity contribution is -0.137. The first-order valence-corrected chi connectivity index (χ1v) is 8.40. The van der Waals surface area contributed by atoms with Crippen LogP contribution in [0.2, 0.25) is 0 Å². The van der Waals surface area contributed by atoms with E-state index in [4.69, 9.17) is 0 Å². The summed E-state index contributed by atoms with van der Waals surface area (Å²) in [5, 5.41) is 7.90. The maximum absolute atomic E-state index is 12.9. The largest absolute Gasteiger partial charge is 0.416 e. The number of aromatic nitrogens is 5. The van der Waals surface area contributed by atoms with E-state index in [9.17, 15) is 18.0 Å². The average Bonchev–Trinajstić information content (AvgIpc) is 3.08. The molecule has 0 bridgehead atoms. The minimum absolute atomic E-state index is 0.0444. The van der Waals surface area contributed by atoms with Gasteiger partial charge in [-0.25, -0.2) is 9.67 Å². The van der Waals surface area contributed by atoms with Crippen molar-refractivity contribution >= 4 is 11.2 Å². The van der Waals surface area contributed by atoms with Crippen LogP contribution in [0, 0.1) is 0 Å². The SMILES string of the molecule is O=c1c2nnn(Cc3ccccc3)c2ncn1Cc1cccc(C(F)(F)F)c1. The van der Waals surface area contributed by atoms with Gasteiger partial charge in [-0.1, -0.05) is 47.7 Å². The average molecular weight is 385 g/mol. The first-order chi connectivity index (χ1) is 13.4. The van der Waals surface area contributed by atoms with Crippen LogP contribution in [0.15, 0.2) is 65.7 Å². The Morgan fingerprint density at radius 2 is 1.68 bits per heavy atom. The van der Waals surface area contributed by atoms with Crippen LogP contribution in [-0.4, -0.2) is 24.5 Å². The summed E-state index contributed by atoms with van der Waals surface area (Å²) in [4.78, 5) is 16.9. The monoisotopic (exact) mass is 385 g/mol. The molecule has 9 heteroatoms. The van der Waals surface area contributed by atoms with E-state index in [2.05, 4.69) is 15.3 Å². The highest BCUT2D eigenvalue weighted by Gasteiger charge is 2.30. The fourth-order valence-electron chi connectivity index (χ4n) is 2.91. The number of hydrogen-bond donors (Lipinski definition) is 0. The molecule has 4 rings (SSSR count). The van der Waals surface area contributed by atoms with E-state index < -0.39 is 17.3 Å². The predicted octanol–water partition coefficient (Wildman–Crippen LogP) is 3.10. The molecule has 0 saturated heterocycles. The number of nitrogens with zero attached hydrogens (tertiary/aromatic N) is 5. The highest BCUT2D eigenvalue weighted by molar-refractivity contribution is 5.67. The Kier molecular flexibility index (Phi) is 4.42. The third-order valence-corrected chi connectivity index (χ3v) is 4.27. The summed E-state index contributed by atoms with van der Waals surface area (Å²) in [6.45, 7) is 0.360. The van der Waals surface area contributed by atoms with E-state index in [0.717, 1.165) is 17.7 Å². The van der Waals surface area contributed by atoms with E-state index in [1.165, 1.54) is 27.7 Å². The van der Waals surface area contributed by atoms with Crippen LogP contribution >= 0.6 is 0 Å². The highest BCUT2D eigenvalue weighted by atomic mass is 19.4. The molecule has 0 aliphatic heterocycles. The van der Waals surface area contributed by atoms with E-state index >= 15 is 0 Å². The van der Waals surface area contributed by atoms with E-state index in [1.807, 2.05) is 30.3 Å². The lowest BCUT2D eigenvalue weighted by Gasteiger charge is -2.10. The summed E-state index contributed by atoms with van der Waals surface area (Å²) in [6, 6.07) is 14.4. The van der Waals surface area contributed by atoms with Crippen molar-refractivity contribution < 1.29 is 13.2 Å². The zero-order valence-electron chi connectivity index (χ0n) is 14.5. The van der Waals surface area contributed by atoms with Crippen LogP contribution in [-0.2, 0) is 19.3 Å². The minimum Gasteiger partial charge on any atom is -0.293 e. The van der Waals surface area contributed by atoms with Crippen molar-refractivity contribution in [3.05, 3.63) is 88.0 Å². The molecule has 6 nitrogen and oxygen atoms in total. The summed E-state index contributed by atoms with van der Waals surface area (Å²) >= 11 is 0. The van der Waals surface area contributed by atoms with Gasteiger partial charge in [0.1, 0.15) is 6.33 Å². The maximum Gasteiger partial charge on any atom is 0.416 e. The summed E-state index contributed by atoms with van der Waals surface area (Å²) < 4.78 is 41.4. The second-order valence-electron chi connectivity index (χ2n) is 6.28. The zero-order chi connectivity index (χ0) is 19.7. The maximum atomic E-state index is 12.9. The molecular weight excluding hydrogens is 371 g/mol. The molecule has 2 aromatic carbocycles. The van der Waals surface area contributed by atoms with Crippen molar-refractivity contribution in [3.63, 3.8) is 0 Å². The molecule has 0 aliphatic carbocycles. The predicted molar refractivity (Wildman–Crippen MR) is 95.7 cm³/mol. The van der Waals surface area contributed by atoms with Gasteiger partial charge in [0.25, 0.3) is 5.56 Å². The number of alkyl halides is 3. The normalized spacial score (nSPS) is 11.8. The fraction of sp³-hybridized carbons (Fsp3) is 0.158. The van der Waals surface area contributed by atoms with Crippen molar-refractivity contribution in [2.24, 2.45) is 0 Å². The van der Waals surface area contributed by atoms with Gasteiger partial charge >= 0.3 is 6.18 Å². The second kappa shape index (κ2) is 6.91. The number of hydrogen-bond acceptors (Lipinski definition) is 4. The van der Waals surface area contributed by atoms with Crippen molar-refractivity contribution in [1.82, 2.24) is 24.5 Å². The Morgan fingerprint density at radius 1 is 0.929 bits per heavy atom. The van der Waals surface area contributed by atoms with Gasteiger partial charge in [0.2, 0.25) is 0 Å². The Morgan fingerprint density at radius 3 is 2.43 bits per heavy atom. The molecule has 0 atom stereocenters. The minimum atomic E-state index is -4.44. The first kappa shape index (κ1) is 17.9. The van der Waals surface area contributed by atoms with E-state index in [0.29, 0.717) is 17.8 Å². The quantitative estimate of drug-likeness (QED) is 0.542. The van der Waals surface area contributed by atoms with Gasteiger partial charge in [0.15, 0.2) is 11.2 Å². The first-order valence-electron chi connectivity index (χ1n) is 8.40. The Balaban J connectivity index is 1.65. The molecule has 0 spiro atoms. The lowest BCUT2D eigenvalue weighted by Crippen LogP contribution is -2.22. The molecule has 0 N–H and O–H groups in total. The number of rotatable bonds is 4. The molecule has 28 heavy (non-hydrogen) atoms. The summed E-state index contributed by atoms with van der Waals surface area (Å²) in [7, 11) is 0. The van der Waals surface area contributed by atoms with Gasteiger partial charge < -0.3 is 0 Å². The van der Waals surface area contributed by atoms with Crippen molar-refractivity contribution in [3.8, 4) is 0 Å². The van der Waals surface area contributed by atoms with Crippen LogP contribution in [0.3, 0.4) is 0 Å². The van der Waals surface area contributed by atoms with Crippen LogP contribution in [0.1, 0.15) is 16.7 Å². The van der Waals surface area contributed by atoms with Gasteiger partial charge in [-0.2, -0.15) is 13.2 Å². The molecule has 0 amide bonds. The lowest BCUT2D eigenvalue weighted by atomic mass is 10.1. The highest BCUT2D eigenvalue weighted by Crippen LogP contribution is 2.29. The molecule has 0 unspecified atom stereocenters. The Hall–Kier alpha value is -3.49. The third-order valence-electron chi connectivity index (χ3n) is 4.27. The van der Waals surface area contributed by atoms with Gasteiger partial charge in [-0.3, -0.25) is 9.36 Å². The molecule has 2 aromatic heterocycles. The number of benzene rings is 2. The number of halogens is 3. The van der Waals surface area contributed by atoms with Crippen LogP contribution in [0.4, 0.5) is 13.2 Å². The second-order valence-corrected chi connectivity index (χ2v) is 6.28. The molecule has 2 heterocycles. The molecule has 0 saturated carbocycles. The van der Waals surface area contributed by atoms with Crippen LogP contribution in [0.25, 0.3) is 11.2 Å². The molecular formula is C19H14F3N5O. The van der Waals surface area contributed by atoms with E-state index in [-0.39, 0.29) is 12.1 Å². The zero-order valence-corrected chi connectivity index (χ0v) is 14.5. The smallest absolute Gasteiger partial charge is 0.293 e. The Bertz CT molecular complexity index is 1180. The summed E-state index contributed by atoms with van der Waals surface area (Å²) in [5.41, 5.74) is 0.501. The topological polar surface area (TPSA) is 65.6 Å². The molecule has 142 valence electrons. The van der Waals surface area contributed by atoms with Gasteiger partial charge in [-0.05, 0) is 23.3 Å². The molecule has 0 aliphatic rings. The van der Waals surface area contributed by atoms with Crippen molar-refractivity contribution in [2.75, 3.05) is 0 Å². The summed E-state index contributed by atoms with van der Waals surface area (Å²) in [6.07, 6.45) is -3.14. The molecule has 4 aromatic rings. The van der Waals surface area contributed by atoms with Gasteiger partial charge in [0.05, 0.1) is 18.7 Å². The fourth-order valence-corrected chi connectivity index (χ4v) is 2.91. The Labute approximate surface area is 156 Å². The standard InChI is InChI=1S/C19H14F3N5O/c20-19(21,22)15-8-4-7-14(9-15)10-26-12-23-17-16(18(26)28)24-25-27(17)11-13-5-2-1-3-6-13/h1-9,12H,10-11H2. The van der Waals surface area contributed by atoms with Gasteiger partial charge in [0, 0.05) is 0 Å². The molecule has 0 radical (unpaired) electrons. The van der Waals surface area contributed by atoms with Crippen molar-refractivity contribution in [2.45, 2.75) is 19.3 Å². The van der Waals surface area contributed by atoms with Crippen molar-refractivity contribution in [1.29, 1.82) is 0 Å². The van der Waals surface area contributed by atoms with Crippen LogP contribution in [0.5, 0.6) is 0 Å². The third kappa shape index (κ3) is 3.51. The number of fused-ring (bicyclic) bond motifs is 1. The van der Waals surface area contributed by atoms with E-state index in [1.54, 1.807) is 0 Å². The van der Waals surface area contributed by atoms with Crippen LogP contribution < -0.4 is 5.56 Å². The van der Waals surface area contributed by atoms with Gasteiger partial charge in [-0.15, -0.1) is 5.10 Å². The summed E-state index contributed by atoms with van der Waals surface area (Å²) in [5.74, 6) is 0. The molecule has 0 fully saturated rings.